The summed E-state index contributed by atoms with van der Waals surface area (Å²) >= 11 is 5.89. The summed E-state index contributed by atoms with van der Waals surface area (Å²) in [7, 11) is 3.03. The number of methoxy groups -OCH3 is 2. The normalized spacial score (nSPS) is 11.0. The molecule has 0 aliphatic rings. The van der Waals surface area contributed by atoms with Crippen molar-refractivity contribution >= 4 is 34.5 Å². The Bertz CT molecular complexity index is 1410. The summed E-state index contributed by atoms with van der Waals surface area (Å²) in [4.78, 5) is 35.8. The number of aromatic nitrogens is 2. The fraction of sp³-hybridized carbons (Fsp3) is 0.0800. The van der Waals surface area contributed by atoms with Gasteiger partial charge >= 0.3 is 5.97 Å². The van der Waals surface area contributed by atoms with Gasteiger partial charge in [-0.2, -0.15) is 0 Å². The van der Waals surface area contributed by atoms with Crippen LogP contribution in [-0.4, -0.2) is 29.9 Å². The van der Waals surface area contributed by atoms with Crippen molar-refractivity contribution in [2.24, 2.45) is 0 Å². The molecule has 166 valence electrons. The van der Waals surface area contributed by atoms with Crippen molar-refractivity contribution < 1.29 is 19.1 Å². The molecule has 0 N–H and O–H groups in total. The first-order valence-electron chi connectivity index (χ1n) is 9.90. The fourth-order valence-electron chi connectivity index (χ4n) is 3.22. The predicted octanol–water partition coefficient (Wildman–Crippen LogP) is 4.40. The molecule has 0 spiro atoms. The second-order valence-electron chi connectivity index (χ2n) is 6.92. The van der Waals surface area contributed by atoms with E-state index < -0.39 is 11.5 Å². The summed E-state index contributed by atoms with van der Waals surface area (Å²) in [5.41, 5.74) is 1.21. The van der Waals surface area contributed by atoms with Gasteiger partial charge < -0.3 is 14.3 Å². The smallest absolute Gasteiger partial charge is 0.356 e. The summed E-state index contributed by atoms with van der Waals surface area (Å²) in [6.45, 7) is 0. The number of carbonyl (C=O) groups is 1. The molecule has 4 rings (SSSR count). The summed E-state index contributed by atoms with van der Waals surface area (Å²) < 4.78 is 11.5. The van der Waals surface area contributed by atoms with E-state index >= 15 is 0 Å². The predicted molar refractivity (Wildman–Crippen MR) is 127 cm³/mol. The summed E-state index contributed by atoms with van der Waals surface area (Å²) in [6, 6.07) is 18.8. The van der Waals surface area contributed by atoms with Crippen LogP contribution in [-0.2, 0) is 4.79 Å². The maximum atomic E-state index is 13.2. The Morgan fingerprint density at radius 2 is 1.70 bits per heavy atom. The third-order valence-corrected chi connectivity index (χ3v) is 5.09. The van der Waals surface area contributed by atoms with Crippen molar-refractivity contribution in [1.29, 1.82) is 0 Å². The quantitative estimate of drug-likeness (QED) is 0.395. The number of benzene rings is 3. The van der Waals surface area contributed by atoms with Crippen LogP contribution < -0.4 is 19.9 Å². The fourth-order valence-corrected chi connectivity index (χ4v) is 3.34. The highest BCUT2D eigenvalue weighted by Crippen LogP contribution is 2.31. The lowest BCUT2D eigenvalue weighted by Crippen LogP contribution is -2.32. The van der Waals surface area contributed by atoms with Crippen LogP contribution >= 0.6 is 11.6 Å². The Morgan fingerprint density at radius 3 is 2.42 bits per heavy atom. The number of halogens is 1. The first-order valence-corrected chi connectivity index (χ1v) is 10.3. The van der Waals surface area contributed by atoms with Crippen LogP contribution in [0.15, 0.2) is 77.6 Å². The van der Waals surface area contributed by atoms with Gasteiger partial charge in [0, 0.05) is 16.7 Å². The van der Waals surface area contributed by atoms with E-state index in [9.17, 15) is 9.59 Å². The van der Waals surface area contributed by atoms with Gasteiger partial charge in [0.1, 0.15) is 0 Å². The van der Waals surface area contributed by atoms with Crippen molar-refractivity contribution in [3.05, 3.63) is 93.7 Å². The molecule has 0 atom stereocenters. The van der Waals surface area contributed by atoms with E-state index in [4.69, 9.17) is 25.9 Å². The van der Waals surface area contributed by atoms with Gasteiger partial charge in [-0.15, -0.1) is 4.73 Å². The first kappa shape index (κ1) is 22.1. The molecular weight excluding hydrogens is 444 g/mol. The Labute approximate surface area is 194 Å². The largest absolute Gasteiger partial charge is 0.493 e. The third-order valence-electron chi connectivity index (χ3n) is 4.84. The second-order valence-corrected chi connectivity index (χ2v) is 7.35. The lowest BCUT2D eigenvalue weighted by molar-refractivity contribution is -0.138. The molecular formula is C25H19ClN2O5. The molecule has 0 aliphatic carbocycles. The van der Waals surface area contributed by atoms with Crippen LogP contribution in [0.2, 0.25) is 5.02 Å². The van der Waals surface area contributed by atoms with Crippen molar-refractivity contribution in [3.8, 4) is 22.9 Å². The van der Waals surface area contributed by atoms with Crippen molar-refractivity contribution in [1.82, 2.24) is 9.71 Å². The summed E-state index contributed by atoms with van der Waals surface area (Å²) in [5, 5.41) is 0.902. The highest BCUT2D eigenvalue weighted by Gasteiger charge is 2.17. The molecule has 1 heterocycles. The van der Waals surface area contributed by atoms with Crippen LogP contribution in [0.4, 0.5) is 0 Å². The van der Waals surface area contributed by atoms with E-state index in [2.05, 4.69) is 4.98 Å². The number of rotatable bonds is 6. The number of nitrogens with zero attached hydrogens (tertiary/aromatic N) is 2. The number of carbonyl (C=O) groups excluding carboxylic acids is 1. The monoisotopic (exact) mass is 462 g/mol. The molecule has 0 fully saturated rings. The number of para-hydroxylation sites is 1. The molecule has 0 saturated heterocycles. The lowest BCUT2D eigenvalue weighted by Gasteiger charge is -2.14. The molecule has 0 saturated carbocycles. The van der Waals surface area contributed by atoms with Crippen LogP contribution in [0, 0.1) is 0 Å². The summed E-state index contributed by atoms with van der Waals surface area (Å²) in [5.74, 6) is 0.357. The Morgan fingerprint density at radius 1 is 0.970 bits per heavy atom. The van der Waals surface area contributed by atoms with E-state index in [0.717, 1.165) is 10.3 Å². The van der Waals surface area contributed by atoms with Gasteiger partial charge in [-0.25, -0.2) is 9.78 Å². The zero-order chi connectivity index (χ0) is 23.4. The van der Waals surface area contributed by atoms with Crippen LogP contribution in [0.1, 0.15) is 5.56 Å². The Kier molecular flexibility index (Phi) is 6.42. The van der Waals surface area contributed by atoms with E-state index in [1.165, 1.54) is 20.3 Å². The number of hydrogen-bond acceptors (Lipinski definition) is 6. The molecule has 7 nitrogen and oxygen atoms in total. The SMILES string of the molecule is COc1ccc(-c2nc3ccccc3c(=O)n2OC(=O)/C=C/c2ccc(Cl)cc2)cc1OC. The Balaban J connectivity index is 1.78. The highest BCUT2D eigenvalue weighted by molar-refractivity contribution is 6.30. The zero-order valence-electron chi connectivity index (χ0n) is 17.8. The molecule has 0 amide bonds. The molecule has 8 heteroatoms. The minimum Gasteiger partial charge on any atom is -0.493 e. The molecule has 4 aromatic rings. The van der Waals surface area contributed by atoms with E-state index in [1.807, 2.05) is 0 Å². The average Bonchev–Trinajstić information content (AvgIpc) is 2.85. The van der Waals surface area contributed by atoms with Crippen LogP contribution in [0.5, 0.6) is 11.5 Å². The van der Waals surface area contributed by atoms with Gasteiger partial charge in [-0.3, -0.25) is 4.79 Å². The van der Waals surface area contributed by atoms with Gasteiger partial charge in [-0.1, -0.05) is 35.9 Å². The van der Waals surface area contributed by atoms with Crippen molar-refractivity contribution in [2.45, 2.75) is 0 Å². The molecule has 0 unspecified atom stereocenters. The van der Waals surface area contributed by atoms with Gasteiger partial charge in [-0.05, 0) is 54.1 Å². The molecule has 1 aromatic heterocycles. The van der Waals surface area contributed by atoms with Crippen molar-refractivity contribution in [2.75, 3.05) is 14.2 Å². The number of hydrogen-bond donors (Lipinski definition) is 0. The standard InChI is InChI=1S/C25H19ClN2O5/c1-31-21-13-10-17(15-22(21)32-2)24-27-20-6-4-3-5-19(20)25(30)28(24)33-23(29)14-9-16-7-11-18(26)12-8-16/h3-15H,1-2H3/b14-9+. The van der Waals surface area contributed by atoms with E-state index in [0.29, 0.717) is 33.0 Å². The maximum Gasteiger partial charge on any atom is 0.356 e. The molecule has 3 aromatic carbocycles. The minimum atomic E-state index is -0.745. The van der Waals surface area contributed by atoms with Crippen molar-refractivity contribution in [3.63, 3.8) is 0 Å². The van der Waals surface area contributed by atoms with E-state index in [-0.39, 0.29) is 5.82 Å². The van der Waals surface area contributed by atoms with Crippen LogP contribution in [0.25, 0.3) is 28.4 Å². The minimum absolute atomic E-state index is 0.146. The average molecular weight is 463 g/mol. The lowest BCUT2D eigenvalue weighted by atomic mass is 10.1. The third kappa shape index (κ3) is 4.73. The summed E-state index contributed by atoms with van der Waals surface area (Å²) in [6.07, 6.45) is 2.79. The van der Waals surface area contributed by atoms with Gasteiger partial charge in [0.2, 0.25) is 0 Å². The topological polar surface area (TPSA) is 79.6 Å². The Hall–Kier alpha value is -4.10. The second kappa shape index (κ2) is 9.58. The van der Waals surface area contributed by atoms with Gasteiger partial charge in [0.05, 0.1) is 25.1 Å². The molecule has 33 heavy (non-hydrogen) atoms. The van der Waals surface area contributed by atoms with Gasteiger partial charge in [0.25, 0.3) is 5.56 Å². The highest BCUT2D eigenvalue weighted by atomic mass is 35.5. The number of fused-ring (bicyclic) bond motifs is 1. The molecule has 0 bridgehead atoms. The molecule has 0 radical (unpaired) electrons. The number of ether oxygens (including phenoxy) is 2. The van der Waals surface area contributed by atoms with Crippen LogP contribution in [0.3, 0.4) is 0 Å². The molecule has 0 aliphatic heterocycles. The maximum absolute atomic E-state index is 13.2. The first-order chi connectivity index (χ1) is 16.0. The van der Waals surface area contributed by atoms with Gasteiger partial charge in [0.15, 0.2) is 17.3 Å². The van der Waals surface area contributed by atoms with E-state index in [1.54, 1.807) is 72.8 Å². The zero-order valence-corrected chi connectivity index (χ0v) is 18.6.